The van der Waals surface area contributed by atoms with Crippen molar-refractivity contribution in [3.05, 3.63) is 59.7 Å². The summed E-state index contributed by atoms with van der Waals surface area (Å²) in [6.45, 7) is 4.81. The number of rotatable bonds is 8. The number of anilines is 1. The maximum Gasteiger partial charge on any atom is 0.408 e. The van der Waals surface area contributed by atoms with Crippen molar-refractivity contribution in [2.45, 2.75) is 75.7 Å². The maximum atomic E-state index is 13.7. The van der Waals surface area contributed by atoms with Crippen LogP contribution in [0, 0.1) is 0 Å². The minimum atomic E-state index is -4.32. The molecule has 39 heavy (non-hydrogen) atoms. The number of fused-ring (bicyclic) bond motifs is 1. The highest BCUT2D eigenvalue weighted by Gasteiger charge is 2.39. The van der Waals surface area contributed by atoms with E-state index in [4.69, 9.17) is 4.74 Å². The Balaban J connectivity index is 1.97. The molecule has 0 aliphatic carbocycles. The second kappa shape index (κ2) is 11.8. The van der Waals surface area contributed by atoms with E-state index in [2.05, 4.69) is 5.32 Å². The molecule has 0 aromatic heterocycles. The third-order valence-corrected chi connectivity index (χ3v) is 7.63. The van der Waals surface area contributed by atoms with Gasteiger partial charge in [-0.15, -0.1) is 0 Å². The van der Waals surface area contributed by atoms with E-state index in [0.717, 1.165) is 0 Å². The molecule has 2 amide bonds. The number of amides is 2. The van der Waals surface area contributed by atoms with Gasteiger partial charge in [0.05, 0.1) is 22.9 Å². The molecule has 0 saturated heterocycles. The van der Waals surface area contributed by atoms with Crippen LogP contribution in [-0.4, -0.2) is 49.8 Å². The zero-order valence-corrected chi connectivity index (χ0v) is 22.7. The largest absolute Gasteiger partial charge is 0.444 e. The fraction of sp³-hybridized carbons (Fsp3) is 0.444. The minimum absolute atomic E-state index is 0.00225. The van der Waals surface area contributed by atoms with Gasteiger partial charge in [-0.1, -0.05) is 30.3 Å². The van der Waals surface area contributed by atoms with Crippen molar-refractivity contribution in [2.24, 2.45) is 0 Å². The van der Waals surface area contributed by atoms with Gasteiger partial charge in [-0.25, -0.2) is 13.2 Å². The molecule has 0 fully saturated rings. The van der Waals surface area contributed by atoms with Gasteiger partial charge in [-0.05, 0) is 57.4 Å². The molecule has 0 unspecified atom stereocenters. The molecule has 8 nitrogen and oxygen atoms in total. The predicted octanol–water partition coefficient (Wildman–Crippen LogP) is 5.21. The van der Waals surface area contributed by atoms with Gasteiger partial charge in [-0.2, -0.15) is 13.2 Å². The Labute approximate surface area is 225 Å². The molecule has 212 valence electrons. The average molecular weight is 569 g/mol. The number of alkyl halides is 3. The van der Waals surface area contributed by atoms with Gasteiger partial charge in [0.1, 0.15) is 11.6 Å². The van der Waals surface area contributed by atoms with E-state index in [-0.39, 0.29) is 42.0 Å². The number of Topliss-reactive ketones (excluding diaryl/α,β-unsaturated/α-hetero) is 1. The lowest BCUT2D eigenvalue weighted by Crippen LogP contribution is -2.51. The number of hydrogen-bond acceptors (Lipinski definition) is 6. The van der Waals surface area contributed by atoms with Crippen LogP contribution in [0.3, 0.4) is 0 Å². The zero-order chi connectivity index (χ0) is 29.0. The van der Waals surface area contributed by atoms with Crippen LogP contribution in [0.1, 0.15) is 62.4 Å². The molecule has 0 radical (unpaired) electrons. The van der Waals surface area contributed by atoms with E-state index in [9.17, 15) is 36.0 Å². The van der Waals surface area contributed by atoms with Crippen molar-refractivity contribution in [1.82, 2.24) is 5.32 Å². The first-order chi connectivity index (χ1) is 18.1. The van der Waals surface area contributed by atoms with Crippen molar-refractivity contribution in [1.29, 1.82) is 0 Å². The lowest BCUT2D eigenvalue weighted by atomic mass is 10.0. The molecular formula is C27H31F3N2O6S. The Morgan fingerprint density at radius 1 is 1.05 bits per heavy atom. The molecule has 0 spiro atoms. The van der Waals surface area contributed by atoms with E-state index in [1.807, 2.05) is 0 Å². The summed E-state index contributed by atoms with van der Waals surface area (Å²) in [5.41, 5.74) is -0.200. The summed E-state index contributed by atoms with van der Waals surface area (Å²) in [6.07, 6.45) is -6.67. The highest BCUT2D eigenvalue weighted by atomic mass is 32.2. The number of nitrogens with one attached hydrogen (secondary N) is 1. The molecule has 3 rings (SSSR count). The number of unbranched alkanes of at least 4 members (excludes halogenated alkanes) is 1. The Bertz CT molecular complexity index is 1320. The van der Waals surface area contributed by atoms with E-state index < -0.39 is 57.6 Å². The summed E-state index contributed by atoms with van der Waals surface area (Å²) in [6, 6.07) is 11.0. The second-order valence-corrected chi connectivity index (χ2v) is 12.3. The van der Waals surface area contributed by atoms with Crippen molar-refractivity contribution in [3.63, 3.8) is 0 Å². The fourth-order valence-electron chi connectivity index (χ4n) is 4.09. The first-order valence-corrected chi connectivity index (χ1v) is 14.0. The van der Waals surface area contributed by atoms with Crippen LogP contribution < -0.4 is 10.2 Å². The Morgan fingerprint density at radius 2 is 1.72 bits per heavy atom. The summed E-state index contributed by atoms with van der Waals surface area (Å²) >= 11 is 0. The number of ketones is 1. The number of carbonyl (C=O) groups is 3. The SMILES string of the molecule is CC(C)(C)OC(=O)N[C@H]1CS(=O)(=O)c2ccc(C(=O)CCCCC(F)(F)F)cc2N(Cc2ccccc2)C1=O. The Morgan fingerprint density at radius 3 is 2.33 bits per heavy atom. The second-order valence-electron chi connectivity index (χ2n) is 10.3. The van der Waals surface area contributed by atoms with Gasteiger partial charge in [-0.3, -0.25) is 9.59 Å². The number of halogens is 3. The molecule has 1 N–H and O–H groups in total. The molecule has 1 atom stereocenters. The summed E-state index contributed by atoms with van der Waals surface area (Å²) in [7, 11) is -4.12. The Kier molecular flexibility index (Phi) is 9.09. The van der Waals surface area contributed by atoms with Crippen LogP contribution in [0.2, 0.25) is 0 Å². The van der Waals surface area contributed by atoms with Gasteiger partial charge in [0.2, 0.25) is 0 Å². The molecule has 1 aliphatic heterocycles. The molecule has 2 aromatic rings. The van der Waals surface area contributed by atoms with Gasteiger partial charge in [0.25, 0.3) is 5.91 Å². The lowest BCUT2D eigenvalue weighted by Gasteiger charge is -2.27. The summed E-state index contributed by atoms with van der Waals surface area (Å²) in [4.78, 5) is 39.9. The molecule has 0 saturated carbocycles. The molecule has 0 bridgehead atoms. The number of alkyl carbamates (subject to hydrolysis) is 1. The number of nitrogens with zero attached hydrogens (tertiary/aromatic N) is 1. The van der Waals surface area contributed by atoms with Crippen LogP contribution in [0.5, 0.6) is 0 Å². The highest BCUT2D eigenvalue weighted by molar-refractivity contribution is 7.91. The number of hydrogen-bond donors (Lipinski definition) is 1. The minimum Gasteiger partial charge on any atom is -0.444 e. The van der Waals surface area contributed by atoms with Gasteiger partial charge in [0.15, 0.2) is 15.6 Å². The predicted molar refractivity (Wildman–Crippen MR) is 138 cm³/mol. The smallest absolute Gasteiger partial charge is 0.408 e. The van der Waals surface area contributed by atoms with E-state index in [1.165, 1.54) is 23.1 Å². The fourth-order valence-corrected chi connectivity index (χ4v) is 5.70. The van der Waals surface area contributed by atoms with Crippen LogP contribution in [-0.2, 0) is 25.9 Å². The normalized spacial score (nSPS) is 17.2. The van der Waals surface area contributed by atoms with Crippen LogP contribution in [0.25, 0.3) is 0 Å². The lowest BCUT2D eigenvalue weighted by molar-refractivity contribution is -0.135. The van der Waals surface area contributed by atoms with Crippen molar-refractivity contribution >= 4 is 33.3 Å². The van der Waals surface area contributed by atoms with E-state index in [1.54, 1.807) is 51.1 Å². The summed E-state index contributed by atoms with van der Waals surface area (Å²) in [5, 5.41) is 2.36. The number of carbonyl (C=O) groups excluding carboxylic acids is 3. The topological polar surface area (TPSA) is 110 Å². The van der Waals surface area contributed by atoms with Crippen molar-refractivity contribution in [3.8, 4) is 0 Å². The van der Waals surface area contributed by atoms with Crippen LogP contribution in [0.15, 0.2) is 53.4 Å². The quantitative estimate of drug-likeness (QED) is 0.346. The average Bonchev–Trinajstić information content (AvgIpc) is 2.89. The maximum absolute atomic E-state index is 13.7. The summed E-state index contributed by atoms with van der Waals surface area (Å²) < 4.78 is 69.2. The van der Waals surface area contributed by atoms with Crippen LogP contribution in [0.4, 0.5) is 23.7 Å². The Hall–Kier alpha value is -3.41. The molecule has 1 heterocycles. The third-order valence-electron chi connectivity index (χ3n) is 5.85. The van der Waals surface area contributed by atoms with Crippen LogP contribution >= 0.6 is 0 Å². The first kappa shape index (κ1) is 30.1. The number of sulfone groups is 1. The van der Waals surface area contributed by atoms with Gasteiger partial charge in [0, 0.05) is 18.4 Å². The van der Waals surface area contributed by atoms with Gasteiger partial charge < -0.3 is 15.0 Å². The molecule has 1 aliphatic rings. The van der Waals surface area contributed by atoms with Gasteiger partial charge >= 0.3 is 12.3 Å². The monoisotopic (exact) mass is 568 g/mol. The van der Waals surface area contributed by atoms with E-state index in [0.29, 0.717) is 5.56 Å². The molecular weight excluding hydrogens is 537 g/mol. The van der Waals surface area contributed by atoms with Crippen molar-refractivity contribution in [2.75, 3.05) is 10.7 Å². The van der Waals surface area contributed by atoms with E-state index >= 15 is 0 Å². The zero-order valence-electron chi connectivity index (χ0n) is 21.9. The standard InChI is InChI=1S/C27H31F3N2O6S/c1-26(2,3)38-25(35)31-20-17-39(36,37)23-13-12-19(22(33)11-7-8-14-27(28,29)30)15-21(23)32(24(20)34)16-18-9-5-4-6-10-18/h4-6,9-10,12-13,15,20H,7-8,11,14,16-17H2,1-3H3,(H,31,35)/t20-/m0/s1. The molecule has 2 aromatic carbocycles. The first-order valence-electron chi connectivity index (χ1n) is 12.4. The third kappa shape index (κ3) is 8.54. The number of ether oxygens (including phenoxy) is 1. The van der Waals surface area contributed by atoms with Crippen molar-refractivity contribution < 1.29 is 40.7 Å². The molecule has 12 heteroatoms. The number of benzene rings is 2. The highest BCUT2D eigenvalue weighted by Crippen LogP contribution is 2.33. The summed E-state index contributed by atoms with van der Waals surface area (Å²) in [5.74, 6) is -1.92.